The fourth-order valence-corrected chi connectivity index (χ4v) is 2.41. The van der Waals surface area contributed by atoms with Crippen molar-refractivity contribution in [2.45, 2.75) is 6.42 Å². The van der Waals surface area contributed by atoms with Gasteiger partial charge in [-0.1, -0.05) is 23.5 Å². The molecule has 0 saturated heterocycles. The van der Waals surface area contributed by atoms with Crippen molar-refractivity contribution in [3.05, 3.63) is 53.0 Å². The number of carbonyl (C=O) groups excluding carboxylic acids is 1. The fourth-order valence-electron chi connectivity index (χ4n) is 1.81. The molecule has 0 radical (unpaired) electrons. The highest BCUT2D eigenvalue weighted by molar-refractivity contribution is 7.14. The van der Waals surface area contributed by atoms with Gasteiger partial charge in [0.2, 0.25) is 4.96 Å². The van der Waals surface area contributed by atoms with Gasteiger partial charge in [0, 0.05) is 6.54 Å². The molecule has 1 amide bonds. The number of nitrogens with zero attached hydrogens (tertiary/aromatic N) is 3. The largest absolute Gasteiger partial charge is 0.350 e. The first-order chi connectivity index (χ1) is 9.72. The highest BCUT2D eigenvalue weighted by Gasteiger charge is 2.11. The molecule has 3 rings (SSSR count). The number of carbonyl (C=O) groups is 1. The quantitative estimate of drug-likeness (QED) is 0.798. The third-order valence-corrected chi connectivity index (χ3v) is 3.52. The van der Waals surface area contributed by atoms with Gasteiger partial charge in [-0.3, -0.25) is 4.79 Å². The first kappa shape index (κ1) is 12.7. The minimum atomic E-state index is -0.261. The number of imidazole rings is 1. The molecule has 0 fully saturated rings. The Balaban J connectivity index is 1.56. The molecule has 7 heteroatoms. The zero-order valence-corrected chi connectivity index (χ0v) is 11.2. The van der Waals surface area contributed by atoms with Crippen molar-refractivity contribution in [2.24, 2.45) is 0 Å². The van der Waals surface area contributed by atoms with Crippen LogP contribution >= 0.6 is 11.3 Å². The summed E-state index contributed by atoms with van der Waals surface area (Å²) in [5.74, 6) is -0.492. The Bertz CT molecular complexity index is 706. The number of fused-ring (bicyclic) bond motifs is 1. The molecule has 0 saturated carbocycles. The molecule has 102 valence electrons. The molecule has 0 aliphatic carbocycles. The third kappa shape index (κ3) is 2.67. The van der Waals surface area contributed by atoms with Gasteiger partial charge in [-0.2, -0.15) is 5.10 Å². The molecule has 1 aromatic carbocycles. The molecule has 5 nitrogen and oxygen atoms in total. The summed E-state index contributed by atoms with van der Waals surface area (Å²) in [6, 6.07) is 6.23. The van der Waals surface area contributed by atoms with E-state index in [1.54, 1.807) is 28.4 Å². The van der Waals surface area contributed by atoms with Crippen LogP contribution in [0.1, 0.15) is 16.1 Å². The van der Waals surface area contributed by atoms with E-state index in [0.717, 1.165) is 5.56 Å². The van der Waals surface area contributed by atoms with Crippen LogP contribution in [0.2, 0.25) is 0 Å². The monoisotopic (exact) mass is 290 g/mol. The molecule has 0 aliphatic rings. The van der Waals surface area contributed by atoms with Gasteiger partial charge in [-0.25, -0.2) is 13.9 Å². The van der Waals surface area contributed by atoms with E-state index < -0.39 is 0 Å². The molecule has 0 spiro atoms. The summed E-state index contributed by atoms with van der Waals surface area (Å²) in [6.07, 6.45) is 2.24. The summed E-state index contributed by atoms with van der Waals surface area (Å²) in [4.78, 5) is 16.7. The smallest absolute Gasteiger partial charge is 0.271 e. The summed E-state index contributed by atoms with van der Waals surface area (Å²) in [5.41, 5.74) is 2.99. The molecule has 2 aromatic heterocycles. The molecule has 2 heterocycles. The normalized spacial score (nSPS) is 10.8. The Morgan fingerprint density at radius 2 is 2.15 bits per heavy atom. The minimum absolute atomic E-state index is 0.232. The van der Waals surface area contributed by atoms with Gasteiger partial charge in [-0.15, -0.1) is 0 Å². The Morgan fingerprint density at radius 3 is 2.90 bits per heavy atom. The minimum Gasteiger partial charge on any atom is -0.350 e. The summed E-state index contributed by atoms with van der Waals surface area (Å²) in [6.45, 7) is 0.475. The summed E-state index contributed by atoms with van der Waals surface area (Å²) < 4.78 is 14.3. The van der Waals surface area contributed by atoms with E-state index in [9.17, 15) is 9.18 Å². The second-order valence-corrected chi connectivity index (χ2v) is 5.04. The average Bonchev–Trinajstić information content (AvgIpc) is 3.02. The lowest BCUT2D eigenvalue weighted by Gasteiger charge is -2.03. The van der Waals surface area contributed by atoms with Crippen LogP contribution in [0, 0.1) is 5.82 Å². The lowest BCUT2D eigenvalue weighted by Crippen LogP contribution is -2.26. The number of nitrogens with one attached hydrogen (secondary N) is 1. The van der Waals surface area contributed by atoms with Crippen molar-refractivity contribution >= 4 is 22.2 Å². The second kappa shape index (κ2) is 5.38. The van der Waals surface area contributed by atoms with E-state index in [1.807, 2.05) is 0 Å². The Morgan fingerprint density at radius 1 is 1.35 bits per heavy atom. The van der Waals surface area contributed by atoms with Crippen LogP contribution in [0.3, 0.4) is 0 Å². The highest BCUT2D eigenvalue weighted by atomic mass is 32.1. The highest BCUT2D eigenvalue weighted by Crippen LogP contribution is 2.08. The maximum Gasteiger partial charge on any atom is 0.271 e. The van der Waals surface area contributed by atoms with Crippen LogP contribution in [0.4, 0.5) is 4.39 Å². The Kier molecular flexibility index (Phi) is 3.42. The van der Waals surface area contributed by atoms with E-state index in [1.165, 1.54) is 23.5 Å². The average molecular weight is 290 g/mol. The maximum atomic E-state index is 12.7. The van der Waals surface area contributed by atoms with E-state index in [-0.39, 0.29) is 11.7 Å². The first-order valence-electron chi connectivity index (χ1n) is 6.04. The van der Waals surface area contributed by atoms with E-state index >= 15 is 0 Å². The van der Waals surface area contributed by atoms with Crippen molar-refractivity contribution < 1.29 is 9.18 Å². The molecule has 0 aliphatic heterocycles. The molecular formula is C13H11FN4OS. The van der Waals surface area contributed by atoms with Crippen LogP contribution in [-0.4, -0.2) is 27.0 Å². The molecule has 0 unspecified atom stereocenters. The lowest BCUT2D eigenvalue weighted by molar-refractivity contribution is 0.0949. The second-order valence-electron chi connectivity index (χ2n) is 4.22. The van der Waals surface area contributed by atoms with Crippen LogP contribution in [0.5, 0.6) is 0 Å². The van der Waals surface area contributed by atoms with Gasteiger partial charge in [0.15, 0.2) is 0 Å². The van der Waals surface area contributed by atoms with E-state index in [4.69, 9.17) is 0 Å². The predicted octanol–water partition coefficient (Wildman–Crippen LogP) is 1.90. The summed E-state index contributed by atoms with van der Waals surface area (Å²) in [7, 11) is 0. The summed E-state index contributed by atoms with van der Waals surface area (Å²) in [5, 5.41) is 6.80. The molecule has 3 aromatic rings. The number of halogens is 1. The zero-order valence-electron chi connectivity index (χ0n) is 10.4. The number of hydrogen-bond donors (Lipinski definition) is 1. The number of hydrogen-bond acceptors (Lipinski definition) is 4. The predicted molar refractivity (Wildman–Crippen MR) is 73.3 cm³/mol. The van der Waals surface area contributed by atoms with Crippen molar-refractivity contribution in [1.29, 1.82) is 0 Å². The van der Waals surface area contributed by atoms with Crippen LogP contribution < -0.4 is 5.32 Å². The van der Waals surface area contributed by atoms with Gasteiger partial charge in [-0.05, 0) is 24.1 Å². The van der Waals surface area contributed by atoms with Crippen molar-refractivity contribution in [1.82, 2.24) is 19.9 Å². The molecule has 20 heavy (non-hydrogen) atoms. The molecule has 1 N–H and O–H groups in total. The Labute approximate surface area is 118 Å². The van der Waals surface area contributed by atoms with Gasteiger partial charge < -0.3 is 5.32 Å². The fraction of sp³-hybridized carbons (Fsp3) is 0.154. The molecule has 0 bridgehead atoms. The SMILES string of the molecule is O=C(NCCc1ccc(F)cc1)c1cn2ncsc2n1. The zero-order chi connectivity index (χ0) is 13.9. The standard InChI is InChI=1S/C13H11FN4OS/c14-10-3-1-9(2-4-10)5-6-15-12(19)11-7-18-13(17-11)20-8-16-18/h1-4,7-8H,5-6H2,(H,15,19). The van der Waals surface area contributed by atoms with Gasteiger partial charge >= 0.3 is 0 Å². The summed E-state index contributed by atoms with van der Waals surface area (Å²) >= 11 is 1.37. The van der Waals surface area contributed by atoms with Crippen LogP contribution in [0.15, 0.2) is 36.0 Å². The van der Waals surface area contributed by atoms with Crippen molar-refractivity contribution in [2.75, 3.05) is 6.54 Å². The van der Waals surface area contributed by atoms with Gasteiger partial charge in [0.25, 0.3) is 5.91 Å². The third-order valence-electron chi connectivity index (χ3n) is 2.83. The van der Waals surface area contributed by atoms with Gasteiger partial charge in [0.1, 0.15) is 17.0 Å². The van der Waals surface area contributed by atoms with Crippen molar-refractivity contribution in [3.63, 3.8) is 0 Å². The van der Waals surface area contributed by atoms with Crippen molar-refractivity contribution in [3.8, 4) is 0 Å². The van der Waals surface area contributed by atoms with Crippen LogP contribution in [-0.2, 0) is 6.42 Å². The Hall–Kier alpha value is -2.28. The van der Waals surface area contributed by atoms with E-state index in [2.05, 4.69) is 15.4 Å². The number of amides is 1. The van der Waals surface area contributed by atoms with Gasteiger partial charge in [0.05, 0.1) is 6.20 Å². The maximum absolute atomic E-state index is 12.7. The molecule has 0 atom stereocenters. The first-order valence-corrected chi connectivity index (χ1v) is 6.92. The number of aromatic nitrogens is 3. The number of rotatable bonds is 4. The molecular weight excluding hydrogens is 279 g/mol. The van der Waals surface area contributed by atoms with Crippen LogP contribution in [0.25, 0.3) is 4.96 Å². The lowest BCUT2D eigenvalue weighted by atomic mass is 10.1. The topological polar surface area (TPSA) is 59.3 Å². The number of benzene rings is 1. The van der Waals surface area contributed by atoms with E-state index in [0.29, 0.717) is 23.6 Å².